The number of nitrogens with zero attached hydrogens (tertiary/aromatic N) is 1. The minimum Gasteiger partial charge on any atom is -0.489 e. The van der Waals surface area contributed by atoms with Crippen molar-refractivity contribution in [3.05, 3.63) is 34.1 Å². The zero-order valence-corrected chi connectivity index (χ0v) is 16.3. The summed E-state index contributed by atoms with van der Waals surface area (Å²) in [5, 5.41) is 3.88. The van der Waals surface area contributed by atoms with E-state index >= 15 is 0 Å². The summed E-state index contributed by atoms with van der Waals surface area (Å²) >= 11 is 2.74. The van der Waals surface area contributed by atoms with Crippen LogP contribution in [0.2, 0.25) is 0 Å². The van der Waals surface area contributed by atoms with Crippen molar-refractivity contribution in [2.24, 2.45) is 5.16 Å². The smallest absolute Gasteiger partial charge is 0.165 e. The molecule has 0 fully saturated rings. The van der Waals surface area contributed by atoms with Crippen molar-refractivity contribution in [3.63, 3.8) is 0 Å². The van der Waals surface area contributed by atoms with Gasteiger partial charge in [0.15, 0.2) is 11.3 Å². The predicted molar refractivity (Wildman–Crippen MR) is 99.0 cm³/mol. The van der Waals surface area contributed by atoms with Gasteiger partial charge < -0.3 is 14.3 Å². The first-order valence-electron chi connectivity index (χ1n) is 8.03. The number of aryl methyl sites for hydroxylation is 2. The number of hydrogen-bond acceptors (Lipinski definition) is 4. The summed E-state index contributed by atoms with van der Waals surface area (Å²) in [5.74, 6) is 1.58. The summed E-state index contributed by atoms with van der Waals surface area (Å²) in [6.45, 7) is 8.86. The van der Waals surface area contributed by atoms with Gasteiger partial charge in [-0.05, 0) is 72.0 Å². The molecular formula is C18H25BrFNO3. The molecule has 0 spiro atoms. The molecule has 0 aliphatic carbocycles. The van der Waals surface area contributed by atoms with Crippen LogP contribution in [0.3, 0.4) is 0 Å². The summed E-state index contributed by atoms with van der Waals surface area (Å²) in [6, 6.07) is 3.87. The lowest BCUT2D eigenvalue weighted by Gasteiger charge is -2.16. The number of rotatable bonds is 10. The second kappa shape index (κ2) is 11.1. The second-order valence-electron chi connectivity index (χ2n) is 5.30. The van der Waals surface area contributed by atoms with Gasteiger partial charge in [0.05, 0.1) is 5.71 Å². The summed E-state index contributed by atoms with van der Waals surface area (Å²) in [7, 11) is 0. The molecule has 0 aliphatic heterocycles. The highest BCUT2D eigenvalue weighted by Crippen LogP contribution is 2.31. The highest BCUT2D eigenvalue weighted by molar-refractivity contribution is 9.11. The normalized spacial score (nSPS) is 11.2. The molecule has 0 saturated heterocycles. The van der Waals surface area contributed by atoms with Gasteiger partial charge in [-0.3, -0.25) is 0 Å². The summed E-state index contributed by atoms with van der Waals surface area (Å²) in [5.41, 5.74) is 2.99. The van der Waals surface area contributed by atoms with E-state index < -0.39 is 4.74 Å². The molecule has 0 unspecified atom stereocenters. The Morgan fingerprint density at radius 2 is 1.75 bits per heavy atom. The Hall–Kier alpha value is -1.56. The highest BCUT2D eigenvalue weighted by atomic mass is 79.9. The Kier molecular flexibility index (Phi) is 9.45. The van der Waals surface area contributed by atoms with E-state index in [0.29, 0.717) is 19.0 Å². The third kappa shape index (κ3) is 7.34. The minimum absolute atomic E-state index is 0.172. The lowest BCUT2D eigenvalue weighted by molar-refractivity contribution is 0.106. The van der Waals surface area contributed by atoms with Crippen LogP contribution in [0.25, 0.3) is 0 Å². The van der Waals surface area contributed by atoms with Crippen molar-refractivity contribution in [2.45, 2.75) is 40.5 Å². The first kappa shape index (κ1) is 20.5. The summed E-state index contributed by atoms with van der Waals surface area (Å²) < 4.78 is 23.7. The molecule has 4 nitrogen and oxygen atoms in total. The largest absolute Gasteiger partial charge is 0.489 e. The molecule has 0 aromatic heterocycles. The molecule has 6 heteroatoms. The molecule has 0 bridgehead atoms. The molecule has 24 heavy (non-hydrogen) atoms. The van der Waals surface area contributed by atoms with Crippen LogP contribution in [-0.2, 0) is 17.7 Å². The third-order valence-corrected chi connectivity index (χ3v) is 3.46. The van der Waals surface area contributed by atoms with Gasteiger partial charge in [0.1, 0.15) is 24.7 Å². The zero-order chi connectivity index (χ0) is 17.9. The van der Waals surface area contributed by atoms with Gasteiger partial charge in [0.2, 0.25) is 0 Å². The van der Waals surface area contributed by atoms with Gasteiger partial charge >= 0.3 is 0 Å². The van der Waals surface area contributed by atoms with Crippen molar-refractivity contribution in [1.29, 1.82) is 0 Å². The summed E-state index contributed by atoms with van der Waals surface area (Å²) in [6.07, 6.45) is 2.96. The number of hydrogen-bond donors (Lipinski definition) is 0. The zero-order valence-electron chi connectivity index (χ0n) is 14.7. The number of oxime groups is 1. The molecule has 1 rings (SSSR count). The molecule has 134 valence electrons. The van der Waals surface area contributed by atoms with Gasteiger partial charge in [0, 0.05) is 0 Å². The van der Waals surface area contributed by atoms with E-state index in [2.05, 4.69) is 34.9 Å². The van der Waals surface area contributed by atoms with E-state index in [-0.39, 0.29) is 6.61 Å². The molecule has 0 aliphatic rings. The maximum Gasteiger partial charge on any atom is 0.165 e. The average Bonchev–Trinajstić information content (AvgIpc) is 2.54. The molecule has 1 aromatic carbocycles. The molecule has 1 aromatic rings. The monoisotopic (exact) mass is 401 g/mol. The first-order chi connectivity index (χ1) is 11.5. The fraction of sp³-hybridized carbons (Fsp3) is 0.500. The Morgan fingerprint density at radius 1 is 1.12 bits per heavy atom. The van der Waals surface area contributed by atoms with E-state index in [1.807, 2.05) is 26.0 Å². The van der Waals surface area contributed by atoms with Crippen molar-refractivity contribution >= 4 is 21.6 Å². The van der Waals surface area contributed by atoms with Crippen LogP contribution in [0.1, 0.15) is 38.8 Å². The van der Waals surface area contributed by atoms with Crippen LogP contribution < -0.4 is 9.47 Å². The van der Waals surface area contributed by atoms with Crippen molar-refractivity contribution < 1.29 is 18.7 Å². The highest BCUT2D eigenvalue weighted by Gasteiger charge is 2.11. The van der Waals surface area contributed by atoms with E-state index in [4.69, 9.17) is 14.3 Å². The van der Waals surface area contributed by atoms with E-state index in [1.165, 1.54) is 6.08 Å². The van der Waals surface area contributed by atoms with Crippen LogP contribution >= 0.6 is 15.9 Å². The maximum atomic E-state index is 12.7. The van der Waals surface area contributed by atoms with Gasteiger partial charge in [-0.25, -0.2) is 0 Å². The first-order valence-corrected chi connectivity index (χ1v) is 8.82. The van der Waals surface area contributed by atoms with Crippen LogP contribution in [0, 0.1) is 0 Å². The lowest BCUT2D eigenvalue weighted by Crippen LogP contribution is -2.08. The maximum absolute atomic E-state index is 12.7. The molecule has 0 radical (unpaired) electrons. The van der Waals surface area contributed by atoms with E-state index in [9.17, 15) is 4.39 Å². The molecule has 0 amide bonds. The fourth-order valence-electron chi connectivity index (χ4n) is 2.07. The van der Waals surface area contributed by atoms with Crippen LogP contribution in [-0.4, -0.2) is 25.5 Å². The van der Waals surface area contributed by atoms with Crippen LogP contribution in [0.5, 0.6) is 11.5 Å². The number of ether oxygens (including phenoxy) is 2. The van der Waals surface area contributed by atoms with Gasteiger partial charge in [-0.15, -0.1) is 0 Å². The Bertz CT molecular complexity index is 555. The molecule has 0 heterocycles. The van der Waals surface area contributed by atoms with Gasteiger partial charge in [-0.2, -0.15) is 4.39 Å². The fourth-order valence-corrected chi connectivity index (χ4v) is 2.21. The molecule has 0 N–H and O–H groups in total. The summed E-state index contributed by atoms with van der Waals surface area (Å²) in [4.78, 5) is 5.15. The third-order valence-electron chi connectivity index (χ3n) is 3.13. The van der Waals surface area contributed by atoms with Gasteiger partial charge in [-0.1, -0.05) is 19.0 Å². The number of benzene rings is 1. The molecule has 0 saturated carbocycles. The van der Waals surface area contributed by atoms with Crippen molar-refractivity contribution in [3.8, 4) is 11.5 Å². The van der Waals surface area contributed by atoms with E-state index in [1.54, 1.807) is 0 Å². The minimum atomic E-state index is -0.432. The lowest BCUT2D eigenvalue weighted by atomic mass is 10.0. The quantitative estimate of drug-likeness (QED) is 0.307. The topological polar surface area (TPSA) is 40.0 Å². The Labute approximate surface area is 151 Å². The van der Waals surface area contributed by atoms with Crippen LogP contribution in [0.4, 0.5) is 4.39 Å². The second-order valence-corrected chi connectivity index (χ2v) is 6.06. The molecule has 0 atom stereocenters. The van der Waals surface area contributed by atoms with Crippen LogP contribution in [0.15, 0.2) is 28.1 Å². The SMILES string of the molecule is CCc1cc(OC/C=C(\F)Br)cc(CC)c1OCCON=C(C)C. The Balaban J connectivity index is 2.79. The number of halogens is 2. The van der Waals surface area contributed by atoms with E-state index in [0.717, 1.165) is 35.4 Å². The average molecular weight is 402 g/mol. The Morgan fingerprint density at radius 3 is 2.25 bits per heavy atom. The van der Waals surface area contributed by atoms with Gasteiger partial charge in [0.25, 0.3) is 0 Å². The van der Waals surface area contributed by atoms with Crippen molar-refractivity contribution in [1.82, 2.24) is 0 Å². The van der Waals surface area contributed by atoms with Crippen molar-refractivity contribution in [2.75, 3.05) is 19.8 Å². The standard InChI is InChI=1S/C18H25BrFNO3/c1-5-14-11-16(22-8-7-17(19)20)12-15(6-2)18(14)23-9-10-24-21-13(3)4/h7,11-12H,5-6,8-10H2,1-4H3/b17-7-. The molecular weight excluding hydrogens is 377 g/mol. The predicted octanol–water partition coefficient (Wildman–Crippen LogP) is 5.19.